The molecule has 0 heterocycles. The predicted octanol–water partition coefficient (Wildman–Crippen LogP) is -1.65. The summed E-state index contributed by atoms with van der Waals surface area (Å²) >= 11 is 0. The first-order chi connectivity index (χ1) is 16.6. The van der Waals surface area contributed by atoms with Crippen LogP contribution in [0, 0.1) is 0 Å². The number of amides is 3. The van der Waals surface area contributed by atoms with Crippen LogP contribution in [0.15, 0.2) is 0 Å². The number of nitrogens with zero attached hydrogens (tertiary/aromatic N) is 3. The number of ether oxygens (including phenoxy) is 4. The molecule has 0 aromatic rings. The molecule has 198 valence electrons. The normalized spacial score (nSPS) is 9.94. The van der Waals surface area contributed by atoms with Crippen molar-refractivity contribution in [1.82, 2.24) is 14.7 Å². The molecule has 0 saturated carbocycles. The second-order valence-corrected chi connectivity index (χ2v) is 6.73. The third-order valence-corrected chi connectivity index (χ3v) is 4.03. The van der Waals surface area contributed by atoms with Crippen LogP contribution in [0.1, 0.15) is 27.7 Å². The summed E-state index contributed by atoms with van der Waals surface area (Å²) in [4.78, 5) is 86.7. The van der Waals surface area contributed by atoms with E-state index in [2.05, 4.69) is 0 Å². The number of esters is 4. The average Bonchev–Trinajstić information content (AvgIpc) is 2.78. The zero-order valence-electron chi connectivity index (χ0n) is 20.5. The lowest BCUT2D eigenvalue weighted by atomic mass is 10.3. The Labute approximate surface area is 203 Å². The van der Waals surface area contributed by atoms with Crippen molar-refractivity contribution in [2.45, 2.75) is 27.7 Å². The average molecular weight is 504 g/mol. The van der Waals surface area contributed by atoms with Gasteiger partial charge in [-0.3, -0.25) is 33.6 Å². The minimum Gasteiger partial charge on any atom is -0.465 e. The van der Waals surface area contributed by atoms with Gasteiger partial charge in [0.25, 0.3) is 0 Å². The molecule has 0 aliphatic carbocycles. The fourth-order valence-electron chi connectivity index (χ4n) is 2.59. The van der Waals surface area contributed by atoms with Crippen LogP contribution >= 0.6 is 0 Å². The molecule has 14 nitrogen and oxygen atoms in total. The van der Waals surface area contributed by atoms with E-state index in [0.717, 1.165) is 14.7 Å². The monoisotopic (exact) mass is 503 g/mol. The van der Waals surface area contributed by atoms with Crippen molar-refractivity contribution < 1.29 is 52.5 Å². The van der Waals surface area contributed by atoms with Crippen molar-refractivity contribution in [3.63, 3.8) is 0 Å². The summed E-state index contributed by atoms with van der Waals surface area (Å²) in [6.45, 7) is 2.77. The Morgan fingerprint density at radius 2 is 0.771 bits per heavy atom. The standard InChI is InChI=1S/C21H33N3O11/c1-5-32-18(28)11-23(12-19(29)33-6-2)16(26)9-22(15-25)10-17(27)24(13-20(30)34-7-3)14-21(31)35-8-4/h15H,5-14H2,1-4H3. The summed E-state index contributed by atoms with van der Waals surface area (Å²) in [5, 5.41) is 0. The number of rotatable bonds is 17. The molecule has 14 heteroatoms. The predicted molar refractivity (Wildman–Crippen MR) is 117 cm³/mol. The van der Waals surface area contributed by atoms with Gasteiger partial charge in [-0.15, -0.1) is 0 Å². The Balaban J connectivity index is 5.41. The third-order valence-electron chi connectivity index (χ3n) is 4.03. The molecule has 0 bridgehead atoms. The summed E-state index contributed by atoms with van der Waals surface area (Å²) in [7, 11) is 0. The van der Waals surface area contributed by atoms with E-state index in [-0.39, 0.29) is 32.8 Å². The molecule has 0 fully saturated rings. The van der Waals surface area contributed by atoms with Crippen molar-refractivity contribution in [2.75, 3.05) is 65.7 Å². The van der Waals surface area contributed by atoms with Crippen LogP contribution in [0.4, 0.5) is 0 Å². The van der Waals surface area contributed by atoms with Gasteiger partial charge >= 0.3 is 23.9 Å². The Morgan fingerprint density at radius 3 is 0.971 bits per heavy atom. The summed E-state index contributed by atoms with van der Waals surface area (Å²) in [6, 6.07) is 0. The highest BCUT2D eigenvalue weighted by Gasteiger charge is 2.27. The van der Waals surface area contributed by atoms with Crippen molar-refractivity contribution in [2.24, 2.45) is 0 Å². The lowest BCUT2D eigenvalue weighted by Crippen LogP contribution is -2.49. The first-order valence-electron chi connectivity index (χ1n) is 11.0. The van der Waals surface area contributed by atoms with Gasteiger partial charge in [0.2, 0.25) is 18.2 Å². The highest BCUT2D eigenvalue weighted by Crippen LogP contribution is 2.00. The minimum absolute atomic E-state index is 0.0476. The van der Waals surface area contributed by atoms with Gasteiger partial charge in [0.15, 0.2) is 0 Å². The lowest BCUT2D eigenvalue weighted by molar-refractivity contribution is -0.155. The molecule has 0 saturated heterocycles. The van der Waals surface area contributed by atoms with Crippen molar-refractivity contribution in [3.8, 4) is 0 Å². The molecule has 0 N–H and O–H groups in total. The Morgan fingerprint density at radius 1 is 0.514 bits per heavy atom. The van der Waals surface area contributed by atoms with Gasteiger partial charge in [0.05, 0.1) is 26.4 Å². The van der Waals surface area contributed by atoms with Crippen LogP contribution < -0.4 is 0 Å². The molecular weight excluding hydrogens is 470 g/mol. The number of carbonyl (C=O) groups is 7. The smallest absolute Gasteiger partial charge is 0.325 e. The van der Waals surface area contributed by atoms with Crippen molar-refractivity contribution >= 4 is 42.1 Å². The maximum atomic E-state index is 12.7. The quantitative estimate of drug-likeness (QED) is 0.127. The van der Waals surface area contributed by atoms with Gasteiger partial charge in [-0.2, -0.15) is 0 Å². The third kappa shape index (κ3) is 13.6. The Hall–Kier alpha value is -3.71. The van der Waals surface area contributed by atoms with Crippen LogP contribution in [-0.4, -0.2) is 122 Å². The van der Waals surface area contributed by atoms with Crippen LogP contribution in [0.25, 0.3) is 0 Å². The molecule has 3 amide bonds. The van der Waals surface area contributed by atoms with E-state index in [1.807, 2.05) is 0 Å². The fourth-order valence-corrected chi connectivity index (χ4v) is 2.59. The fraction of sp³-hybridized carbons (Fsp3) is 0.667. The van der Waals surface area contributed by atoms with Crippen molar-refractivity contribution in [3.05, 3.63) is 0 Å². The molecule has 0 unspecified atom stereocenters. The molecule has 0 radical (unpaired) electrons. The molecular formula is C21H33N3O11. The van der Waals surface area contributed by atoms with Crippen molar-refractivity contribution in [1.29, 1.82) is 0 Å². The number of hydrogen-bond acceptors (Lipinski definition) is 11. The van der Waals surface area contributed by atoms with E-state index < -0.39 is 75.0 Å². The zero-order valence-corrected chi connectivity index (χ0v) is 20.5. The second kappa shape index (κ2) is 17.7. The van der Waals surface area contributed by atoms with Crippen LogP contribution in [-0.2, 0) is 52.5 Å². The topological polar surface area (TPSA) is 166 Å². The van der Waals surface area contributed by atoms with Gasteiger partial charge in [-0.05, 0) is 27.7 Å². The van der Waals surface area contributed by atoms with E-state index in [9.17, 15) is 33.6 Å². The first kappa shape index (κ1) is 31.3. The summed E-state index contributed by atoms with van der Waals surface area (Å²) in [5.41, 5.74) is 0. The maximum Gasteiger partial charge on any atom is 0.325 e. The number of carbonyl (C=O) groups excluding carboxylic acids is 7. The second-order valence-electron chi connectivity index (χ2n) is 6.73. The minimum atomic E-state index is -0.839. The SMILES string of the molecule is CCOC(=O)CN(CC(=O)OCC)C(=O)CN(C=O)CC(=O)N(CC(=O)OCC)CC(=O)OCC. The summed E-state index contributed by atoms with van der Waals surface area (Å²) in [5.74, 6) is -4.81. The molecule has 0 spiro atoms. The van der Waals surface area contributed by atoms with E-state index in [1.54, 1.807) is 27.7 Å². The van der Waals surface area contributed by atoms with E-state index in [1.165, 1.54) is 0 Å². The van der Waals surface area contributed by atoms with Gasteiger partial charge in [0.1, 0.15) is 39.3 Å². The highest BCUT2D eigenvalue weighted by atomic mass is 16.5. The lowest BCUT2D eigenvalue weighted by Gasteiger charge is -2.26. The molecule has 35 heavy (non-hydrogen) atoms. The molecule has 0 aromatic carbocycles. The van der Waals surface area contributed by atoms with E-state index in [0.29, 0.717) is 0 Å². The summed E-state index contributed by atoms with van der Waals surface area (Å²) in [6.07, 6.45) is 0.204. The van der Waals surface area contributed by atoms with E-state index in [4.69, 9.17) is 18.9 Å². The van der Waals surface area contributed by atoms with Gasteiger partial charge < -0.3 is 33.6 Å². The highest BCUT2D eigenvalue weighted by molar-refractivity contribution is 5.90. The van der Waals surface area contributed by atoms with Gasteiger partial charge in [0, 0.05) is 0 Å². The van der Waals surface area contributed by atoms with Gasteiger partial charge in [-0.1, -0.05) is 0 Å². The largest absolute Gasteiger partial charge is 0.465 e. The zero-order chi connectivity index (χ0) is 26.8. The van der Waals surface area contributed by atoms with Gasteiger partial charge in [-0.25, -0.2) is 0 Å². The maximum absolute atomic E-state index is 12.7. The molecule has 0 rings (SSSR count). The van der Waals surface area contributed by atoms with Crippen LogP contribution in [0.5, 0.6) is 0 Å². The van der Waals surface area contributed by atoms with E-state index >= 15 is 0 Å². The first-order valence-corrected chi connectivity index (χ1v) is 11.0. The Bertz CT molecular complexity index is 659. The molecule has 0 aromatic heterocycles. The Kier molecular flexibility index (Phi) is 15.8. The number of hydrogen-bond donors (Lipinski definition) is 0. The van der Waals surface area contributed by atoms with Crippen LogP contribution in [0.3, 0.4) is 0 Å². The molecule has 0 atom stereocenters. The summed E-state index contributed by atoms with van der Waals surface area (Å²) < 4.78 is 19.2. The van der Waals surface area contributed by atoms with Crippen LogP contribution in [0.2, 0.25) is 0 Å². The molecule has 0 aliphatic heterocycles. The molecule has 0 aliphatic rings.